The molecular formula is C62H96O4P2. The van der Waals surface area contributed by atoms with E-state index < -0.39 is 27.1 Å². The fourth-order valence-corrected chi connectivity index (χ4v) is 13.9. The van der Waals surface area contributed by atoms with Crippen molar-refractivity contribution in [2.24, 2.45) is 0 Å². The van der Waals surface area contributed by atoms with E-state index in [1.807, 2.05) is 0 Å². The lowest BCUT2D eigenvalue weighted by molar-refractivity contribution is 0.366. The van der Waals surface area contributed by atoms with Gasteiger partial charge in [-0.25, -0.2) is 0 Å². The topological polar surface area (TPSA) is 80.9 Å². The Morgan fingerprint density at radius 2 is 0.412 bits per heavy atom. The van der Waals surface area contributed by atoms with Crippen molar-refractivity contribution in [1.82, 2.24) is 0 Å². The Kier molecular flexibility index (Phi) is 29.1. The third kappa shape index (κ3) is 17.7. The van der Waals surface area contributed by atoms with Crippen LogP contribution in [0.2, 0.25) is 0 Å². The minimum absolute atomic E-state index is 0.687. The van der Waals surface area contributed by atoms with E-state index in [1.54, 1.807) is 0 Å². The number of unbranched alkanes of at least 4 members (excludes halogenated alkanes) is 24. The average molecular weight is 967 g/mol. The molecule has 0 heterocycles. The second kappa shape index (κ2) is 34.0. The van der Waals surface area contributed by atoms with E-state index in [0.717, 1.165) is 51.4 Å². The molecular weight excluding hydrogens is 871 g/mol. The van der Waals surface area contributed by atoms with Gasteiger partial charge in [0.1, 0.15) is 10.3 Å². The van der Waals surface area contributed by atoms with Crippen LogP contribution in [0.4, 0.5) is 0 Å². The van der Waals surface area contributed by atoms with Crippen LogP contribution in [-0.2, 0) is 36.0 Å². The van der Waals surface area contributed by atoms with Crippen molar-refractivity contribution >= 4 is 16.8 Å². The maximum atomic E-state index is 12.5. The molecule has 0 aromatic heterocycles. The molecule has 68 heavy (non-hydrogen) atoms. The van der Waals surface area contributed by atoms with Crippen LogP contribution in [0, 0.1) is 0 Å². The van der Waals surface area contributed by atoms with Crippen molar-refractivity contribution in [2.75, 3.05) is 0 Å². The fraction of sp³-hybridized carbons (Fsp3) is 0.613. The zero-order valence-electron chi connectivity index (χ0n) is 43.5. The predicted molar refractivity (Wildman–Crippen MR) is 297 cm³/mol. The maximum absolute atomic E-state index is 12.5. The van der Waals surface area contributed by atoms with E-state index in [4.69, 9.17) is 0 Å². The standard InChI is InChI=1S/C62H96O4P2/c1-5-9-13-17-21-25-29-33-53-37-45-57(46-38-53)61(67(63)64,58-47-39-54(40-48-58)34-30-26-22-18-14-10-6-2)62(68(65)66,59-49-41-55(42-50-59)35-31-27-23-19-15-11-7-3)60-51-43-56(44-52-60)36-32-28-24-20-16-12-8-4/h37-52,63-66H,5-36H2,1-4H3. The van der Waals surface area contributed by atoms with E-state index in [2.05, 4.69) is 125 Å². The zero-order valence-corrected chi connectivity index (χ0v) is 45.3. The van der Waals surface area contributed by atoms with Crippen LogP contribution in [0.3, 0.4) is 0 Å². The quantitative estimate of drug-likeness (QED) is 0.0265. The normalized spacial score (nSPS) is 12.2. The molecule has 0 radical (unpaired) electrons. The molecule has 6 heteroatoms. The summed E-state index contributed by atoms with van der Waals surface area (Å²) in [6.07, 6.45) is 38.7. The van der Waals surface area contributed by atoms with Gasteiger partial charge in [0, 0.05) is 0 Å². The highest BCUT2D eigenvalue weighted by Crippen LogP contribution is 2.75. The molecule has 4 aromatic carbocycles. The molecule has 0 bridgehead atoms. The first-order valence-corrected chi connectivity index (χ1v) is 30.5. The third-order valence-electron chi connectivity index (χ3n) is 14.9. The molecule has 0 amide bonds. The molecule has 0 unspecified atom stereocenters. The number of benzene rings is 4. The Balaban J connectivity index is 1.82. The van der Waals surface area contributed by atoms with Crippen molar-refractivity contribution in [1.29, 1.82) is 0 Å². The van der Waals surface area contributed by atoms with Gasteiger partial charge in [0.15, 0.2) is 16.8 Å². The van der Waals surface area contributed by atoms with Crippen molar-refractivity contribution < 1.29 is 19.6 Å². The minimum Gasteiger partial charge on any atom is -0.349 e. The highest BCUT2D eigenvalue weighted by atomic mass is 31.2. The first-order valence-electron chi connectivity index (χ1n) is 28.0. The summed E-state index contributed by atoms with van der Waals surface area (Å²) in [4.78, 5) is 50.0. The Morgan fingerprint density at radius 1 is 0.250 bits per heavy atom. The molecule has 4 aromatic rings. The predicted octanol–water partition coefficient (Wildman–Crippen LogP) is 18.6. The fourth-order valence-electron chi connectivity index (χ4n) is 10.7. The SMILES string of the molecule is CCCCCCCCCc1ccc(C(c2ccc(CCCCCCCCC)cc2)(P(O)O)C(c2ccc(CCCCCCCCC)cc2)(c2ccc(CCCCCCCCC)cc2)P(O)O)cc1. The van der Waals surface area contributed by atoms with Crippen LogP contribution in [0.1, 0.15) is 252 Å². The molecule has 0 spiro atoms. The van der Waals surface area contributed by atoms with Crippen LogP contribution in [0.25, 0.3) is 0 Å². The van der Waals surface area contributed by atoms with Gasteiger partial charge in [-0.1, -0.05) is 279 Å². The second-order valence-corrected chi connectivity index (χ2v) is 22.8. The van der Waals surface area contributed by atoms with Crippen LogP contribution in [0.15, 0.2) is 97.1 Å². The first-order chi connectivity index (χ1) is 33.3. The van der Waals surface area contributed by atoms with Gasteiger partial charge in [-0.05, 0) is 95.9 Å². The largest absolute Gasteiger partial charge is 0.349 e. The van der Waals surface area contributed by atoms with Gasteiger partial charge in [-0.2, -0.15) is 0 Å². The van der Waals surface area contributed by atoms with Gasteiger partial charge in [-0.3, -0.25) is 0 Å². The average Bonchev–Trinajstić information content (AvgIpc) is 3.35. The summed E-state index contributed by atoms with van der Waals surface area (Å²) in [6.45, 7) is 9.04. The Morgan fingerprint density at radius 3 is 0.574 bits per heavy atom. The Bertz CT molecular complexity index is 1580. The van der Waals surface area contributed by atoms with E-state index in [1.165, 1.54) is 176 Å². The molecule has 378 valence electrons. The third-order valence-corrected chi connectivity index (χ3v) is 18.0. The summed E-state index contributed by atoms with van der Waals surface area (Å²) in [6, 6.07) is 33.6. The molecule has 0 fully saturated rings. The van der Waals surface area contributed by atoms with Crippen molar-refractivity contribution in [3.05, 3.63) is 142 Å². The van der Waals surface area contributed by atoms with Gasteiger partial charge in [0.25, 0.3) is 0 Å². The van der Waals surface area contributed by atoms with Crippen molar-refractivity contribution in [3.8, 4) is 0 Å². The van der Waals surface area contributed by atoms with Gasteiger partial charge in [0.2, 0.25) is 0 Å². The lowest BCUT2D eigenvalue weighted by Crippen LogP contribution is -2.48. The Hall–Kier alpha value is -2.42. The summed E-state index contributed by atoms with van der Waals surface area (Å²) >= 11 is 0. The Labute approximate surface area is 419 Å². The molecule has 0 atom stereocenters. The number of aryl methyl sites for hydroxylation is 4. The lowest BCUT2D eigenvalue weighted by Gasteiger charge is -2.52. The monoisotopic (exact) mass is 967 g/mol. The summed E-state index contributed by atoms with van der Waals surface area (Å²) in [5, 5.41) is -3.26. The van der Waals surface area contributed by atoms with Gasteiger partial charge < -0.3 is 19.6 Å². The minimum atomic E-state index is -2.89. The van der Waals surface area contributed by atoms with Crippen LogP contribution >= 0.6 is 16.8 Å². The van der Waals surface area contributed by atoms with E-state index in [-0.39, 0.29) is 0 Å². The molecule has 0 saturated carbocycles. The summed E-state index contributed by atoms with van der Waals surface area (Å²) in [7, 11) is -5.77. The zero-order chi connectivity index (χ0) is 48.7. The van der Waals surface area contributed by atoms with Gasteiger partial charge >= 0.3 is 0 Å². The molecule has 0 aliphatic carbocycles. The molecule has 0 aliphatic rings. The highest BCUT2D eigenvalue weighted by molar-refractivity contribution is 7.52. The molecule has 0 saturated heterocycles. The van der Waals surface area contributed by atoms with Crippen LogP contribution in [-0.4, -0.2) is 19.6 Å². The molecule has 4 N–H and O–H groups in total. The molecule has 0 aliphatic heterocycles. The van der Waals surface area contributed by atoms with Crippen LogP contribution < -0.4 is 0 Å². The smallest absolute Gasteiger partial charge is 0.182 e. The number of rotatable bonds is 39. The lowest BCUT2D eigenvalue weighted by atomic mass is 9.71. The van der Waals surface area contributed by atoms with Crippen LogP contribution in [0.5, 0.6) is 0 Å². The highest BCUT2D eigenvalue weighted by Gasteiger charge is 2.64. The second-order valence-electron chi connectivity index (χ2n) is 20.3. The first kappa shape index (κ1) is 58.2. The van der Waals surface area contributed by atoms with Gasteiger partial charge in [0.05, 0.1) is 0 Å². The van der Waals surface area contributed by atoms with Crippen molar-refractivity contribution in [3.63, 3.8) is 0 Å². The van der Waals surface area contributed by atoms with E-state index in [0.29, 0.717) is 22.3 Å². The van der Waals surface area contributed by atoms with E-state index >= 15 is 0 Å². The maximum Gasteiger partial charge on any atom is 0.182 e. The number of hydrogen-bond acceptors (Lipinski definition) is 4. The van der Waals surface area contributed by atoms with E-state index in [9.17, 15) is 19.6 Å². The molecule has 4 nitrogen and oxygen atoms in total. The van der Waals surface area contributed by atoms with Crippen molar-refractivity contribution in [2.45, 2.75) is 243 Å². The molecule has 4 rings (SSSR count). The number of hydrogen-bond donors (Lipinski definition) is 4. The summed E-state index contributed by atoms with van der Waals surface area (Å²) in [5.74, 6) is 0. The summed E-state index contributed by atoms with van der Waals surface area (Å²) < 4.78 is 0. The summed E-state index contributed by atoms with van der Waals surface area (Å²) in [5.41, 5.74) is 7.61. The van der Waals surface area contributed by atoms with Gasteiger partial charge in [-0.15, -0.1) is 0 Å².